The summed E-state index contributed by atoms with van der Waals surface area (Å²) >= 11 is 0. The minimum atomic E-state index is -0.693. The van der Waals surface area contributed by atoms with E-state index in [1.807, 2.05) is 13.8 Å². The number of amides is 2. The van der Waals surface area contributed by atoms with E-state index in [9.17, 15) is 9.59 Å². The maximum absolute atomic E-state index is 11.2. The molecule has 0 aromatic heterocycles. The third kappa shape index (κ3) is 1.52. The van der Waals surface area contributed by atoms with E-state index in [4.69, 9.17) is 5.73 Å². The Morgan fingerprint density at radius 3 is 2.23 bits per heavy atom. The van der Waals surface area contributed by atoms with E-state index in [1.54, 1.807) is 6.92 Å². The van der Waals surface area contributed by atoms with Crippen molar-refractivity contribution >= 4 is 17.5 Å². The van der Waals surface area contributed by atoms with Gasteiger partial charge in [0.05, 0.1) is 5.71 Å². The summed E-state index contributed by atoms with van der Waals surface area (Å²) in [5, 5.41) is 0. The van der Waals surface area contributed by atoms with Gasteiger partial charge in [0.15, 0.2) is 0 Å². The van der Waals surface area contributed by atoms with Crippen molar-refractivity contribution in [3.63, 3.8) is 0 Å². The minimum absolute atomic E-state index is 0.0312. The van der Waals surface area contributed by atoms with Crippen LogP contribution in [0.5, 0.6) is 0 Å². The molecule has 1 heterocycles. The lowest BCUT2D eigenvalue weighted by Crippen LogP contribution is -2.19. The van der Waals surface area contributed by atoms with E-state index in [1.165, 1.54) is 0 Å². The molecule has 0 bridgehead atoms. The Hall–Kier alpha value is -1.45. The first kappa shape index (κ1) is 9.64. The fraction of sp³-hybridized carbons (Fsp3) is 0.444. The fourth-order valence-electron chi connectivity index (χ4n) is 1.39. The first-order chi connectivity index (χ1) is 5.95. The molecule has 0 aliphatic carbocycles. The van der Waals surface area contributed by atoms with Crippen LogP contribution in [0.2, 0.25) is 0 Å². The molecule has 70 valence electrons. The van der Waals surface area contributed by atoms with Crippen LogP contribution in [-0.4, -0.2) is 17.5 Å². The van der Waals surface area contributed by atoms with Gasteiger partial charge in [0.2, 0.25) is 0 Å². The van der Waals surface area contributed by atoms with Gasteiger partial charge in [-0.3, -0.25) is 9.59 Å². The van der Waals surface area contributed by atoms with Crippen LogP contribution >= 0.6 is 0 Å². The zero-order valence-electron chi connectivity index (χ0n) is 7.92. The number of carbonyl (C=O) groups is 2. The number of allylic oxidation sites excluding steroid dienone is 1. The predicted molar refractivity (Wildman–Crippen MR) is 49.2 cm³/mol. The van der Waals surface area contributed by atoms with Crippen LogP contribution in [0.15, 0.2) is 16.1 Å². The largest absolute Gasteiger partial charge is 0.365 e. The van der Waals surface area contributed by atoms with E-state index in [2.05, 4.69) is 4.99 Å². The topological polar surface area (TPSA) is 72.5 Å². The lowest BCUT2D eigenvalue weighted by atomic mass is 9.99. The van der Waals surface area contributed by atoms with Gasteiger partial charge in [0, 0.05) is 0 Å². The summed E-state index contributed by atoms with van der Waals surface area (Å²) in [5.41, 5.74) is 6.36. The molecule has 2 amide bonds. The van der Waals surface area contributed by atoms with Crippen LogP contribution in [0.25, 0.3) is 0 Å². The lowest BCUT2D eigenvalue weighted by molar-refractivity contribution is -0.120. The molecule has 13 heavy (non-hydrogen) atoms. The van der Waals surface area contributed by atoms with Crippen molar-refractivity contribution in [2.45, 2.75) is 20.8 Å². The molecule has 0 saturated carbocycles. The number of aliphatic imine (C=N–C) groups is 1. The van der Waals surface area contributed by atoms with Gasteiger partial charge < -0.3 is 5.73 Å². The minimum Gasteiger partial charge on any atom is -0.365 e. The average Bonchev–Trinajstić information content (AvgIpc) is 2.26. The second kappa shape index (κ2) is 3.12. The van der Waals surface area contributed by atoms with Gasteiger partial charge in [0.25, 0.3) is 11.8 Å². The molecule has 0 spiro atoms. The SMILES string of the molecule is CC1=C(C(N)=O)C(=O)N=C1C(C)C. The standard InChI is InChI=1S/C9H12N2O2/c1-4(2)7-5(3)6(8(10)12)9(13)11-7/h4H,1-3H3,(H2,10,12). The summed E-state index contributed by atoms with van der Waals surface area (Å²) in [6.45, 7) is 5.53. The Morgan fingerprint density at radius 2 is 2.00 bits per heavy atom. The van der Waals surface area contributed by atoms with Gasteiger partial charge in [-0.05, 0) is 18.4 Å². The fourth-order valence-corrected chi connectivity index (χ4v) is 1.39. The highest BCUT2D eigenvalue weighted by Crippen LogP contribution is 2.20. The quantitative estimate of drug-likeness (QED) is 0.625. The summed E-state index contributed by atoms with van der Waals surface area (Å²) in [7, 11) is 0. The molecule has 4 nitrogen and oxygen atoms in total. The van der Waals surface area contributed by atoms with Crippen molar-refractivity contribution in [1.29, 1.82) is 0 Å². The molecule has 4 heteroatoms. The molecule has 0 unspecified atom stereocenters. The zero-order valence-corrected chi connectivity index (χ0v) is 7.92. The molecule has 0 aromatic carbocycles. The van der Waals surface area contributed by atoms with Crippen molar-refractivity contribution in [2.75, 3.05) is 0 Å². The number of rotatable bonds is 2. The lowest BCUT2D eigenvalue weighted by Gasteiger charge is -2.04. The molecule has 1 aliphatic heterocycles. The highest BCUT2D eigenvalue weighted by Gasteiger charge is 2.28. The second-order valence-corrected chi connectivity index (χ2v) is 3.32. The van der Waals surface area contributed by atoms with Crippen LogP contribution in [0.3, 0.4) is 0 Å². The van der Waals surface area contributed by atoms with Crippen LogP contribution in [-0.2, 0) is 9.59 Å². The maximum Gasteiger partial charge on any atom is 0.283 e. The molecular formula is C9H12N2O2. The first-order valence-corrected chi connectivity index (χ1v) is 4.09. The smallest absolute Gasteiger partial charge is 0.283 e. The molecule has 0 fully saturated rings. The Bertz CT molecular complexity index is 338. The number of hydrogen-bond acceptors (Lipinski definition) is 2. The molecule has 0 radical (unpaired) electrons. The van der Waals surface area contributed by atoms with Crippen LogP contribution in [0, 0.1) is 5.92 Å². The molecule has 0 aromatic rings. The zero-order chi connectivity index (χ0) is 10.2. The Kier molecular flexibility index (Phi) is 2.32. The van der Waals surface area contributed by atoms with Gasteiger partial charge in [-0.1, -0.05) is 13.8 Å². The third-order valence-electron chi connectivity index (χ3n) is 1.99. The van der Waals surface area contributed by atoms with Crippen LogP contribution in [0.1, 0.15) is 20.8 Å². The summed E-state index contributed by atoms with van der Waals surface area (Å²) < 4.78 is 0. The molecule has 2 N–H and O–H groups in total. The van der Waals surface area contributed by atoms with E-state index in [0.717, 1.165) is 0 Å². The number of nitrogens with zero attached hydrogens (tertiary/aromatic N) is 1. The Balaban J connectivity index is 3.16. The highest BCUT2D eigenvalue weighted by atomic mass is 16.2. The van der Waals surface area contributed by atoms with Gasteiger partial charge in [0.1, 0.15) is 5.57 Å². The molecule has 0 atom stereocenters. The predicted octanol–water partition coefficient (Wildman–Crippen LogP) is 0.425. The first-order valence-electron chi connectivity index (χ1n) is 4.09. The van der Waals surface area contributed by atoms with Gasteiger partial charge in [-0.15, -0.1) is 0 Å². The Morgan fingerprint density at radius 1 is 1.46 bits per heavy atom. The third-order valence-corrected chi connectivity index (χ3v) is 1.99. The van der Waals surface area contributed by atoms with Gasteiger partial charge in [-0.2, -0.15) is 0 Å². The van der Waals surface area contributed by atoms with Crippen molar-refractivity contribution in [3.05, 3.63) is 11.1 Å². The summed E-state index contributed by atoms with van der Waals surface area (Å²) in [4.78, 5) is 25.8. The maximum atomic E-state index is 11.2. The normalized spacial score (nSPS) is 16.9. The molecular weight excluding hydrogens is 168 g/mol. The monoisotopic (exact) mass is 180 g/mol. The van der Waals surface area contributed by atoms with Crippen molar-refractivity contribution < 1.29 is 9.59 Å². The van der Waals surface area contributed by atoms with Crippen molar-refractivity contribution in [2.24, 2.45) is 16.6 Å². The van der Waals surface area contributed by atoms with E-state index < -0.39 is 11.8 Å². The van der Waals surface area contributed by atoms with Crippen LogP contribution in [0.4, 0.5) is 0 Å². The number of nitrogens with two attached hydrogens (primary N) is 1. The number of hydrogen-bond donors (Lipinski definition) is 1. The van der Waals surface area contributed by atoms with Gasteiger partial charge >= 0.3 is 0 Å². The van der Waals surface area contributed by atoms with E-state index >= 15 is 0 Å². The second-order valence-electron chi connectivity index (χ2n) is 3.32. The molecule has 0 saturated heterocycles. The average molecular weight is 180 g/mol. The van der Waals surface area contributed by atoms with E-state index in [0.29, 0.717) is 11.3 Å². The van der Waals surface area contributed by atoms with Crippen molar-refractivity contribution in [3.8, 4) is 0 Å². The molecule has 1 aliphatic rings. The summed E-state index contributed by atoms with van der Waals surface area (Å²) in [5.74, 6) is -1.06. The summed E-state index contributed by atoms with van der Waals surface area (Å²) in [6.07, 6.45) is 0. The highest BCUT2D eigenvalue weighted by molar-refractivity contribution is 6.31. The summed E-state index contributed by atoms with van der Waals surface area (Å²) in [6, 6.07) is 0. The Labute approximate surface area is 76.5 Å². The number of carbonyl (C=O) groups excluding carboxylic acids is 2. The van der Waals surface area contributed by atoms with E-state index in [-0.39, 0.29) is 11.5 Å². The van der Waals surface area contributed by atoms with Gasteiger partial charge in [-0.25, -0.2) is 4.99 Å². The van der Waals surface area contributed by atoms with Crippen LogP contribution < -0.4 is 5.73 Å². The molecule has 1 rings (SSSR count). The van der Waals surface area contributed by atoms with Crippen molar-refractivity contribution in [1.82, 2.24) is 0 Å². The number of primary amides is 1.